The molecule has 2 rings (SSSR count). The van der Waals surface area contributed by atoms with Gasteiger partial charge in [-0.05, 0) is 25.2 Å². The van der Waals surface area contributed by atoms with Gasteiger partial charge in [0.2, 0.25) is 5.89 Å². The van der Waals surface area contributed by atoms with Crippen molar-refractivity contribution in [3.63, 3.8) is 0 Å². The topological polar surface area (TPSA) is 51.0 Å². The summed E-state index contributed by atoms with van der Waals surface area (Å²) < 4.78 is 5.15. The first kappa shape index (κ1) is 10.6. The van der Waals surface area contributed by atoms with Crippen LogP contribution in [0.4, 0.5) is 0 Å². The third-order valence-electron chi connectivity index (χ3n) is 2.57. The maximum Gasteiger partial charge on any atom is 0.240 e. The highest BCUT2D eigenvalue weighted by Gasteiger charge is 2.21. The van der Waals surface area contributed by atoms with Crippen molar-refractivity contribution < 1.29 is 4.52 Å². The Morgan fingerprint density at radius 2 is 2.27 bits per heavy atom. The Labute approximate surface area is 90.4 Å². The van der Waals surface area contributed by atoms with Crippen LogP contribution in [0.2, 0.25) is 0 Å². The van der Waals surface area contributed by atoms with Gasteiger partial charge in [-0.3, -0.25) is 0 Å². The molecular weight excluding hydrogens is 190 g/mol. The number of nitrogens with zero attached hydrogens (tertiary/aromatic N) is 2. The second kappa shape index (κ2) is 4.75. The molecule has 15 heavy (non-hydrogen) atoms. The van der Waals surface area contributed by atoms with Gasteiger partial charge in [0.15, 0.2) is 5.82 Å². The number of rotatable bonds is 6. The standard InChI is InChI=1S/C11H19N3O/c1-8(2)3-6-10-13-11(15-14-10)7-12-9-4-5-9/h8-9,12H,3-7H2,1-2H3. The highest BCUT2D eigenvalue weighted by molar-refractivity contribution is 4.89. The molecule has 0 bridgehead atoms. The molecule has 0 unspecified atom stereocenters. The molecule has 1 saturated carbocycles. The Morgan fingerprint density at radius 1 is 1.47 bits per heavy atom. The highest BCUT2D eigenvalue weighted by atomic mass is 16.5. The number of nitrogens with one attached hydrogen (secondary N) is 1. The zero-order valence-electron chi connectivity index (χ0n) is 9.49. The van der Waals surface area contributed by atoms with E-state index in [-0.39, 0.29) is 0 Å². The Balaban J connectivity index is 1.75. The van der Waals surface area contributed by atoms with E-state index in [0.29, 0.717) is 12.0 Å². The number of hydrogen-bond acceptors (Lipinski definition) is 4. The largest absolute Gasteiger partial charge is 0.338 e. The minimum Gasteiger partial charge on any atom is -0.338 e. The first-order chi connectivity index (χ1) is 7.24. The molecule has 0 atom stereocenters. The molecule has 0 spiro atoms. The van der Waals surface area contributed by atoms with Crippen LogP contribution in [0.1, 0.15) is 44.8 Å². The fourth-order valence-electron chi connectivity index (χ4n) is 1.40. The molecule has 0 radical (unpaired) electrons. The maximum atomic E-state index is 5.15. The van der Waals surface area contributed by atoms with Crippen molar-refractivity contribution in [2.75, 3.05) is 0 Å². The van der Waals surface area contributed by atoms with E-state index in [1.807, 2.05) is 0 Å². The monoisotopic (exact) mass is 209 g/mol. The zero-order valence-corrected chi connectivity index (χ0v) is 9.49. The van der Waals surface area contributed by atoms with Gasteiger partial charge in [0.25, 0.3) is 0 Å². The lowest BCUT2D eigenvalue weighted by Gasteiger charge is -1.98. The molecule has 1 aliphatic carbocycles. The lowest BCUT2D eigenvalue weighted by Crippen LogP contribution is -2.15. The maximum absolute atomic E-state index is 5.15. The van der Waals surface area contributed by atoms with Gasteiger partial charge < -0.3 is 9.84 Å². The lowest BCUT2D eigenvalue weighted by molar-refractivity contribution is 0.361. The average molecular weight is 209 g/mol. The SMILES string of the molecule is CC(C)CCc1noc(CNC2CC2)n1. The van der Waals surface area contributed by atoms with Gasteiger partial charge in [0.05, 0.1) is 6.54 Å². The minimum absolute atomic E-state index is 0.691. The molecule has 1 heterocycles. The van der Waals surface area contributed by atoms with Crippen molar-refractivity contribution in [2.45, 2.75) is 52.1 Å². The van der Waals surface area contributed by atoms with Crippen LogP contribution in [0, 0.1) is 5.92 Å². The van der Waals surface area contributed by atoms with Gasteiger partial charge in [-0.1, -0.05) is 19.0 Å². The number of aryl methyl sites for hydroxylation is 1. The molecule has 4 heteroatoms. The average Bonchev–Trinajstić information content (AvgIpc) is 2.92. The van der Waals surface area contributed by atoms with Crippen LogP contribution in [0.15, 0.2) is 4.52 Å². The first-order valence-corrected chi connectivity index (χ1v) is 5.79. The molecule has 0 aliphatic heterocycles. The van der Waals surface area contributed by atoms with Crippen LogP contribution in [0.3, 0.4) is 0 Å². The van der Waals surface area contributed by atoms with Crippen molar-refractivity contribution in [1.29, 1.82) is 0 Å². The predicted molar refractivity (Wildman–Crippen MR) is 57.3 cm³/mol. The summed E-state index contributed by atoms with van der Waals surface area (Å²) in [5.74, 6) is 2.26. The van der Waals surface area contributed by atoms with Crippen LogP contribution in [-0.4, -0.2) is 16.2 Å². The smallest absolute Gasteiger partial charge is 0.240 e. The molecule has 1 aromatic heterocycles. The van der Waals surface area contributed by atoms with Crippen LogP contribution in [0.25, 0.3) is 0 Å². The van der Waals surface area contributed by atoms with Gasteiger partial charge >= 0.3 is 0 Å². The molecule has 1 N–H and O–H groups in total. The summed E-state index contributed by atoms with van der Waals surface area (Å²) in [4.78, 5) is 4.34. The Hall–Kier alpha value is -0.900. The Bertz CT molecular complexity index is 284. The number of aromatic nitrogens is 2. The summed E-state index contributed by atoms with van der Waals surface area (Å²) in [7, 11) is 0. The predicted octanol–water partition coefficient (Wildman–Crippen LogP) is 1.91. The van der Waals surface area contributed by atoms with E-state index >= 15 is 0 Å². The molecule has 1 fully saturated rings. The Kier molecular flexibility index (Phi) is 3.36. The zero-order chi connectivity index (χ0) is 10.7. The molecular formula is C11H19N3O. The highest BCUT2D eigenvalue weighted by Crippen LogP contribution is 2.19. The van der Waals surface area contributed by atoms with Crippen molar-refractivity contribution in [3.05, 3.63) is 11.7 Å². The van der Waals surface area contributed by atoms with E-state index in [4.69, 9.17) is 4.52 Å². The number of hydrogen-bond donors (Lipinski definition) is 1. The second-order valence-corrected chi connectivity index (χ2v) is 4.69. The van der Waals surface area contributed by atoms with Gasteiger partial charge in [0, 0.05) is 12.5 Å². The van der Waals surface area contributed by atoms with Crippen LogP contribution < -0.4 is 5.32 Å². The van der Waals surface area contributed by atoms with Crippen LogP contribution >= 0.6 is 0 Å². The van der Waals surface area contributed by atoms with E-state index in [1.54, 1.807) is 0 Å². The summed E-state index contributed by atoms with van der Waals surface area (Å²) in [5, 5.41) is 7.32. The fourth-order valence-corrected chi connectivity index (χ4v) is 1.40. The minimum atomic E-state index is 0.691. The molecule has 84 valence electrons. The first-order valence-electron chi connectivity index (χ1n) is 5.79. The molecule has 1 aliphatic rings. The molecule has 4 nitrogen and oxygen atoms in total. The van der Waals surface area contributed by atoms with Gasteiger partial charge in [-0.15, -0.1) is 0 Å². The van der Waals surface area contributed by atoms with Crippen molar-refractivity contribution in [2.24, 2.45) is 5.92 Å². The van der Waals surface area contributed by atoms with Crippen molar-refractivity contribution in [1.82, 2.24) is 15.5 Å². The summed E-state index contributed by atoms with van der Waals surface area (Å²) >= 11 is 0. The summed E-state index contributed by atoms with van der Waals surface area (Å²) in [6.07, 6.45) is 4.61. The van der Waals surface area contributed by atoms with E-state index in [0.717, 1.165) is 31.1 Å². The second-order valence-electron chi connectivity index (χ2n) is 4.69. The summed E-state index contributed by atoms with van der Waals surface area (Å²) in [6, 6.07) is 0.691. The summed E-state index contributed by atoms with van der Waals surface area (Å²) in [5.41, 5.74) is 0. The summed E-state index contributed by atoms with van der Waals surface area (Å²) in [6.45, 7) is 5.13. The van der Waals surface area contributed by atoms with Crippen LogP contribution in [-0.2, 0) is 13.0 Å². The van der Waals surface area contributed by atoms with E-state index in [2.05, 4.69) is 29.3 Å². The van der Waals surface area contributed by atoms with Gasteiger partial charge in [-0.25, -0.2) is 0 Å². The third kappa shape index (κ3) is 3.63. The van der Waals surface area contributed by atoms with Crippen LogP contribution in [0.5, 0.6) is 0 Å². The molecule has 0 amide bonds. The lowest BCUT2D eigenvalue weighted by atomic mass is 10.1. The van der Waals surface area contributed by atoms with E-state index < -0.39 is 0 Å². The van der Waals surface area contributed by atoms with E-state index in [1.165, 1.54) is 12.8 Å². The normalized spacial score (nSPS) is 16.2. The quantitative estimate of drug-likeness (QED) is 0.777. The van der Waals surface area contributed by atoms with Crippen molar-refractivity contribution >= 4 is 0 Å². The molecule has 0 saturated heterocycles. The fraction of sp³-hybridized carbons (Fsp3) is 0.818. The third-order valence-corrected chi connectivity index (χ3v) is 2.57. The molecule has 0 aromatic carbocycles. The van der Waals surface area contributed by atoms with Crippen molar-refractivity contribution in [3.8, 4) is 0 Å². The molecule has 1 aromatic rings. The van der Waals surface area contributed by atoms with Gasteiger partial charge in [0.1, 0.15) is 0 Å². The van der Waals surface area contributed by atoms with E-state index in [9.17, 15) is 0 Å². The Morgan fingerprint density at radius 3 is 2.93 bits per heavy atom. The van der Waals surface area contributed by atoms with Gasteiger partial charge in [-0.2, -0.15) is 4.98 Å².